The van der Waals surface area contributed by atoms with Crippen molar-refractivity contribution >= 4 is 17.5 Å². The molecule has 0 saturated carbocycles. The smallest absolute Gasteiger partial charge is 0.193 e. The third kappa shape index (κ3) is 4.22. The molecule has 0 bridgehead atoms. The maximum Gasteiger partial charge on any atom is 0.193 e. The number of aromatic nitrogens is 1. The molecule has 0 atom stereocenters. The summed E-state index contributed by atoms with van der Waals surface area (Å²) in [7, 11) is 3.93. The highest BCUT2D eigenvalue weighted by atomic mass is 15.1. The van der Waals surface area contributed by atoms with Crippen LogP contribution in [0.5, 0.6) is 0 Å². The third-order valence-electron chi connectivity index (χ3n) is 3.48. The van der Waals surface area contributed by atoms with Gasteiger partial charge in [-0.15, -0.1) is 0 Å². The summed E-state index contributed by atoms with van der Waals surface area (Å²) in [6.45, 7) is 4.68. The van der Waals surface area contributed by atoms with Gasteiger partial charge in [-0.3, -0.25) is 0 Å². The maximum atomic E-state index is 5.95. The Morgan fingerprint density at radius 1 is 1.18 bits per heavy atom. The summed E-state index contributed by atoms with van der Waals surface area (Å²) < 4.78 is 0. The molecule has 3 N–H and O–H groups in total. The number of aliphatic imine (C=N–C) groups is 1. The van der Waals surface area contributed by atoms with Gasteiger partial charge in [0.1, 0.15) is 5.82 Å². The summed E-state index contributed by atoms with van der Waals surface area (Å²) >= 11 is 0. The molecule has 0 spiro atoms. The van der Waals surface area contributed by atoms with Gasteiger partial charge in [-0.05, 0) is 54.8 Å². The van der Waals surface area contributed by atoms with Gasteiger partial charge in [-0.25, -0.2) is 9.98 Å². The molecular formula is C17H23N5. The van der Waals surface area contributed by atoms with Gasteiger partial charge < -0.3 is 16.0 Å². The number of guanidine groups is 1. The van der Waals surface area contributed by atoms with Crippen molar-refractivity contribution in [2.24, 2.45) is 10.7 Å². The lowest BCUT2D eigenvalue weighted by Gasteiger charge is -2.11. The fourth-order valence-corrected chi connectivity index (χ4v) is 1.99. The van der Waals surface area contributed by atoms with Crippen molar-refractivity contribution in [3.63, 3.8) is 0 Å². The van der Waals surface area contributed by atoms with E-state index >= 15 is 0 Å². The lowest BCUT2D eigenvalue weighted by molar-refractivity contribution is 1.02. The fraction of sp³-hybridized carbons (Fsp3) is 0.294. The number of hydrogen-bond donors (Lipinski definition) is 2. The number of nitrogens with two attached hydrogens (primary N) is 1. The van der Waals surface area contributed by atoms with Crippen LogP contribution < -0.4 is 16.0 Å². The van der Waals surface area contributed by atoms with Gasteiger partial charge in [0.2, 0.25) is 0 Å². The molecule has 2 aromatic rings. The van der Waals surface area contributed by atoms with Crippen LogP contribution in [0.15, 0.2) is 41.5 Å². The van der Waals surface area contributed by atoms with E-state index in [2.05, 4.69) is 41.3 Å². The molecule has 0 aliphatic heterocycles. The topological polar surface area (TPSA) is 66.5 Å². The monoisotopic (exact) mass is 297 g/mol. The van der Waals surface area contributed by atoms with Gasteiger partial charge in [0.25, 0.3) is 0 Å². The summed E-state index contributed by atoms with van der Waals surface area (Å²) in [6.07, 6.45) is 1.78. The number of anilines is 2. The van der Waals surface area contributed by atoms with E-state index in [1.165, 1.54) is 11.1 Å². The Bertz CT molecular complexity index is 676. The lowest BCUT2D eigenvalue weighted by atomic mass is 10.1. The predicted octanol–water partition coefficient (Wildman–Crippen LogP) is 2.69. The summed E-state index contributed by atoms with van der Waals surface area (Å²) in [5, 5.41) is 3.12. The molecule has 5 nitrogen and oxygen atoms in total. The summed E-state index contributed by atoms with van der Waals surface area (Å²) in [5.41, 5.74) is 10.5. The Hall–Kier alpha value is -2.56. The predicted molar refractivity (Wildman–Crippen MR) is 93.4 cm³/mol. The number of hydrogen-bond acceptors (Lipinski definition) is 3. The minimum absolute atomic E-state index is 0.409. The van der Waals surface area contributed by atoms with Crippen LogP contribution in [-0.2, 0) is 6.54 Å². The largest absolute Gasteiger partial charge is 0.370 e. The molecule has 0 amide bonds. The third-order valence-corrected chi connectivity index (χ3v) is 3.48. The number of benzene rings is 1. The quantitative estimate of drug-likeness (QED) is 0.672. The van der Waals surface area contributed by atoms with Crippen molar-refractivity contribution in [1.82, 2.24) is 4.98 Å². The zero-order valence-electron chi connectivity index (χ0n) is 13.6. The molecule has 0 aliphatic rings. The number of aryl methyl sites for hydroxylation is 2. The molecule has 5 heteroatoms. The Morgan fingerprint density at radius 3 is 2.64 bits per heavy atom. The maximum absolute atomic E-state index is 5.95. The van der Waals surface area contributed by atoms with Gasteiger partial charge in [-0.1, -0.05) is 6.07 Å². The normalized spacial score (nSPS) is 11.4. The lowest BCUT2D eigenvalue weighted by Crippen LogP contribution is -2.22. The van der Waals surface area contributed by atoms with Crippen molar-refractivity contribution in [2.75, 3.05) is 24.3 Å². The molecule has 0 saturated heterocycles. The van der Waals surface area contributed by atoms with Crippen LogP contribution in [0.4, 0.5) is 11.5 Å². The fourth-order valence-electron chi connectivity index (χ4n) is 1.99. The number of nitrogens with one attached hydrogen (secondary N) is 1. The number of pyridine rings is 1. The van der Waals surface area contributed by atoms with Crippen molar-refractivity contribution in [3.8, 4) is 0 Å². The second-order valence-corrected chi connectivity index (χ2v) is 5.54. The van der Waals surface area contributed by atoms with Gasteiger partial charge >= 0.3 is 0 Å². The molecule has 0 fully saturated rings. The van der Waals surface area contributed by atoms with Crippen LogP contribution in [0.3, 0.4) is 0 Å². The van der Waals surface area contributed by atoms with E-state index < -0.39 is 0 Å². The number of rotatable bonds is 4. The molecule has 0 unspecified atom stereocenters. The van der Waals surface area contributed by atoms with E-state index in [9.17, 15) is 0 Å². The second kappa shape index (κ2) is 6.93. The minimum atomic E-state index is 0.409. The Labute approximate surface area is 131 Å². The van der Waals surface area contributed by atoms with E-state index in [-0.39, 0.29) is 0 Å². The first-order valence-electron chi connectivity index (χ1n) is 7.22. The van der Waals surface area contributed by atoms with Gasteiger partial charge in [0, 0.05) is 26.0 Å². The minimum Gasteiger partial charge on any atom is -0.370 e. The zero-order valence-corrected chi connectivity index (χ0v) is 13.6. The van der Waals surface area contributed by atoms with E-state index in [0.29, 0.717) is 12.5 Å². The SMILES string of the molecule is Cc1ccc(NC(N)=NCc2ccnc(N(C)C)c2)cc1C. The highest BCUT2D eigenvalue weighted by Gasteiger charge is 2.00. The highest BCUT2D eigenvalue weighted by molar-refractivity contribution is 5.92. The molecule has 2 rings (SSSR count). The molecule has 22 heavy (non-hydrogen) atoms. The van der Waals surface area contributed by atoms with E-state index in [4.69, 9.17) is 5.73 Å². The van der Waals surface area contributed by atoms with Gasteiger partial charge in [-0.2, -0.15) is 0 Å². The average Bonchev–Trinajstić information content (AvgIpc) is 2.49. The Kier molecular flexibility index (Phi) is 4.99. The van der Waals surface area contributed by atoms with Crippen LogP contribution in [0, 0.1) is 13.8 Å². The molecular weight excluding hydrogens is 274 g/mol. The second-order valence-electron chi connectivity index (χ2n) is 5.54. The zero-order chi connectivity index (χ0) is 16.1. The summed E-state index contributed by atoms with van der Waals surface area (Å²) in [4.78, 5) is 10.6. The highest BCUT2D eigenvalue weighted by Crippen LogP contribution is 2.14. The standard InChI is InChI=1S/C17H23N5/c1-12-5-6-15(9-13(12)2)21-17(18)20-11-14-7-8-19-16(10-14)22(3)4/h5-10H,11H2,1-4H3,(H3,18,20,21). The molecule has 1 heterocycles. The average molecular weight is 297 g/mol. The van der Waals surface area contributed by atoms with Crippen molar-refractivity contribution in [1.29, 1.82) is 0 Å². The van der Waals surface area contributed by atoms with E-state index in [0.717, 1.165) is 17.1 Å². The molecule has 1 aromatic heterocycles. The van der Waals surface area contributed by atoms with Gasteiger partial charge in [0.15, 0.2) is 5.96 Å². The van der Waals surface area contributed by atoms with Crippen LogP contribution in [0.1, 0.15) is 16.7 Å². The molecule has 116 valence electrons. The van der Waals surface area contributed by atoms with Gasteiger partial charge in [0.05, 0.1) is 6.54 Å². The Morgan fingerprint density at radius 2 is 1.95 bits per heavy atom. The van der Waals surface area contributed by atoms with Crippen molar-refractivity contribution in [3.05, 3.63) is 53.2 Å². The van der Waals surface area contributed by atoms with Crippen LogP contribution >= 0.6 is 0 Å². The summed E-state index contributed by atoms with van der Waals surface area (Å²) in [5.74, 6) is 1.32. The van der Waals surface area contributed by atoms with Crippen molar-refractivity contribution < 1.29 is 0 Å². The first kappa shape index (κ1) is 15.8. The van der Waals surface area contributed by atoms with Crippen molar-refractivity contribution in [2.45, 2.75) is 20.4 Å². The first-order valence-corrected chi connectivity index (χ1v) is 7.22. The van der Waals surface area contributed by atoms with Crippen LogP contribution in [0.2, 0.25) is 0 Å². The summed E-state index contributed by atoms with van der Waals surface area (Å²) in [6, 6.07) is 10.1. The van der Waals surface area contributed by atoms with E-state index in [1.54, 1.807) is 6.20 Å². The number of nitrogens with zero attached hydrogens (tertiary/aromatic N) is 3. The first-order chi connectivity index (χ1) is 10.5. The molecule has 0 radical (unpaired) electrons. The van der Waals surface area contributed by atoms with E-state index in [1.807, 2.05) is 37.2 Å². The molecule has 0 aliphatic carbocycles. The van der Waals surface area contributed by atoms with Crippen LogP contribution in [-0.4, -0.2) is 25.0 Å². The van der Waals surface area contributed by atoms with Crippen LogP contribution in [0.25, 0.3) is 0 Å². The molecule has 1 aromatic carbocycles. The Balaban J connectivity index is 2.03.